The highest BCUT2D eigenvalue weighted by Crippen LogP contribution is 2.35. The van der Waals surface area contributed by atoms with Crippen LogP contribution in [0.3, 0.4) is 0 Å². The van der Waals surface area contributed by atoms with Crippen molar-refractivity contribution in [3.8, 4) is 5.75 Å². The second-order valence-electron chi connectivity index (χ2n) is 7.38. The zero-order valence-corrected chi connectivity index (χ0v) is 17.3. The number of nitrogens with one attached hydrogen (secondary N) is 1. The molecule has 0 radical (unpaired) electrons. The molecule has 0 aliphatic carbocycles. The Morgan fingerprint density at radius 1 is 1.00 bits per heavy atom. The van der Waals surface area contributed by atoms with Crippen LogP contribution >= 0.6 is 11.3 Å². The highest BCUT2D eigenvalue weighted by atomic mass is 32.1. The molecule has 1 aliphatic rings. The number of H-pyrrole nitrogens is 1. The van der Waals surface area contributed by atoms with Crippen LogP contribution < -0.4 is 14.6 Å². The van der Waals surface area contributed by atoms with Gasteiger partial charge in [0, 0.05) is 10.9 Å². The number of hydrogen-bond acceptors (Lipinski definition) is 5. The van der Waals surface area contributed by atoms with Gasteiger partial charge in [-0.1, -0.05) is 41.4 Å². The summed E-state index contributed by atoms with van der Waals surface area (Å²) >= 11 is 1.51. The first-order valence-electron chi connectivity index (χ1n) is 9.73. The van der Waals surface area contributed by atoms with Gasteiger partial charge in [0.2, 0.25) is 6.04 Å². The fourth-order valence-corrected chi connectivity index (χ4v) is 5.23. The molecule has 0 saturated heterocycles. The second-order valence-corrected chi connectivity index (χ2v) is 8.39. The van der Waals surface area contributed by atoms with E-state index in [0.29, 0.717) is 16.6 Å². The van der Waals surface area contributed by atoms with Crippen LogP contribution in [-0.4, -0.2) is 15.6 Å². The van der Waals surface area contributed by atoms with Crippen molar-refractivity contribution in [3.63, 3.8) is 0 Å². The van der Waals surface area contributed by atoms with Crippen LogP contribution in [0.5, 0.6) is 5.75 Å². The summed E-state index contributed by atoms with van der Waals surface area (Å²) < 4.78 is 16.5. The first kappa shape index (κ1) is 20.0. The van der Waals surface area contributed by atoms with Gasteiger partial charge in [-0.2, -0.15) is 4.24 Å². The standard InChI is InChI=1S/C24H14FN3O2S.H2O/c25-14-11-9-13(10-12-14)20-21(28-17-7-3-4-8-18(17)31-24(28)27-20)19-22(29)15-5-1-2-6-16(15)26-23(19)30;/h1-12,20H,(H,26,29,30);1H2. The first-order chi connectivity index (χ1) is 15.1. The molecular weight excluding hydrogens is 429 g/mol. The third-order valence-corrected chi connectivity index (χ3v) is 6.61. The predicted octanol–water partition coefficient (Wildman–Crippen LogP) is 3.50. The number of hydrogen-bond donors (Lipinski definition) is 2. The number of para-hydroxylation sites is 2. The maximum Gasteiger partial charge on any atom is 0.384 e. The molecule has 0 saturated carbocycles. The van der Waals surface area contributed by atoms with Gasteiger partial charge in [-0.05, 0) is 47.7 Å². The third-order valence-electron chi connectivity index (χ3n) is 5.57. The van der Waals surface area contributed by atoms with E-state index < -0.39 is 11.6 Å². The molecule has 3 aromatic carbocycles. The molecule has 0 bridgehead atoms. The number of aromatic hydroxyl groups is 1. The lowest BCUT2D eigenvalue weighted by atomic mass is 9.96. The molecule has 6 nitrogen and oxygen atoms in total. The monoisotopic (exact) mass is 445 g/mol. The van der Waals surface area contributed by atoms with E-state index >= 15 is 0 Å². The molecule has 1 atom stereocenters. The van der Waals surface area contributed by atoms with E-state index in [2.05, 4.69) is 4.98 Å². The normalized spacial score (nSPS) is 14.9. The smallest absolute Gasteiger partial charge is 0.384 e. The van der Waals surface area contributed by atoms with Crippen LogP contribution in [0.15, 0.2) is 82.6 Å². The molecule has 3 N–H and O–H groups in total. The Balaban J connectivity index is 0.00000216. The van der Waals surface area contributed by atoms with E-state index in [-0.39, 0.29) is 22.6 Å². The maximum atomic E-state index is 13.6. The maximum absolute atomic E-state index is 13.6. The lowest BCUT2D eigenvalue weighted by Gasteiger charge is -2.10. The van der Waals surface area contributed by atoms with Gasteiger partial charge in [0.25, 0.3) is 5.56 Å². The Morgan fingerprint density at radius 3 is 2.53 bits per heavy atom. The fourth-order valence-electron chi connectivity index (χ4n) is 4.18. The number of rotatable bonds is 2. The molecule has 0 amide bonds. The van der Waals surface area contributed by atoms with Gasteiger partial charge in [-0.25, -0.2) is 4.39 Å². The number of fused-ring (bicyclic) bond motifs is 4. The molecule has 1 unspecified atom stereocenters. The van der Waals surface area contributed by atoms with Crippen molar-refractivity contribution in [2.24, 2.45) is 4.99 Å². The summed E-state index contributed by atoms with van der Waals surface area (Å²) in [6.07, 6.45) is 0. The number of halogens is 1. The summed E-state index contributed by atoms with van der Waals surface area (Å²) in [6.45, 7) is 0. The van der Waals surface area contributed by atoms with Crippen molar-refractivity contribution in [2.75, 3.05) is 0 Å². The highest BCUT2D eigenvalue weighted by Gasteiger charge is 2.38. The van der Waals surface area contributed by atoms with Crippen LogP contribution in [0.2, 0.25) is 0 Å². The Kier molecular flexibility index (Phi) is 4.61. The van der Waals surface area contributed by atoms with E-state index in [1.165, 1.54) is 23.5 Å². The minimum Gasteiger partial charge on any atom is -0.870 e. The zero-order chi connectivity index (χ0) is 21.1. The molecule has 32 heavy (non-hydrogen) atoms. The van der Waals surface area contributed by atoms with Gasteiger partial charge >= 0.3 is 4.80 Å². The molecule has 0 spiro atoms. The van der Waals surface area contributed by atoms with Crippen LogP contribution in [-0.2, 0) is 0 Å². The van der Waals surface area contributed by atoms with E-state index in [1.54, 1.807) is 30.3 Å². The number of aromatic amines is 1. The van der Waals surface area contributed by atoms with Crippen molar-refractivity contribution >= 4 is 32.5 Å². The second kappa shape index (κ2) is 7.37. The minimum atomic E-state index is -0.551. The van der Waals surface area contributed by atoms with Gasteiger partial charge in [0.1, 0.15) is 17.1 Å². The minimum absolute atomic E-state index is 0. The van der Waals surface area contributed by atoms with Crippen molar-refractivity contribution < 1.29 is 19.2 Å². The number of nitrogens with zero attached hydrogens (tertiary/aromatic N) is 2. The van der Waals surface area contributed by atoms with Crippen molar-refractivity contribution in [1.82, 2.24) is 4.98 Å². The lowest BCUT2D eigenvalue weighted by molar-refractivity contribution is -0.498. The van der Waals surface area contributed by atoms with Crippen molar-refractivity contribution in [1.29, 1.82) is 0 Å². The van der Waals surface area contributed by atoms with Crippen LogP contribution in [0.1, 0.15) is 17.2 Å². The fraction of sp³-hybridized carbons (Fsp3) is 0.0417. The van der Waals surface area contributed by atoms with E-state index in [0.717, 1.165) is 20.6 Å². The van der Waals surface area contributed by atoms with E-state index in [9.17, 15) is 14.3 Å². The number of aromatic nitrogens is 2. The average Bonchev–Trinajstić information content (AvgIpc) is 3.31. The zero-order valence-electron chi connectivity index (χ0n) is 16.5. The largest absolute Gasteiger partial charge is 0.870 e. The molecule has 3 heterocycles. The summed E-state index contributed by atoms with van der Waals surface area (Å²) in [5.74, 6) is -0.435. The van der Waals surface area contributed by atoms with E-state index in [4.69, 9.17) is 4.99 Å². The Morgan fingerprint density at radius 2 is 1.72 bits per heavy atom. The Labute approximate surface area is 184 Å². The molecule has 2 aromatic heterocycles. The van der Waals surface area contributed by atoms with Crippen LogP contribution in [0, 0.1) is 11.5 Å². The molecule has 1 aliphatic heterocycles. The van der Waals surface area contributed by atoms with E-state index in [1.807, 2.05) is 34.6 Å². The first-order valence-corrected chi connectivity index (χ1v) is 10.5. The van der Waals surface area contributed by atoms with Crippen LogP contribution in [0.25, 0.3) is 21.1 Å². The topological polar surface area (TPSA) is 101 Å². The molecule has 0 fully saturated rings. The average molecular weight is 445 g/mol. The van der Waals surface area contributed by atoms with Crippen molar-refractivity contribution in [3.05, 3.63) is 111 Å². The molecule has 6 rings (SSSR count). The molecular formula is C24H16FN3O3S. The SMILES string of the molecule is O=c1[nH]c2ccccc2c(O)c1C1=[n+]2c(sc3ccccc32)=NC1c1ccc(F)cc1.[OH-]. The molecule has 158 valence electrons. The Hall–Kier alpha value is -3.88. The molecule has 5 aromatic rings. The van der Waals surface area contributed by atoms with Gasteiger partial charge in [-0.3, -0.25) is 4.79 Å². The summed E-state index contributed by atoms with van der Waals surface area (Å²) in [7, 11) is 0. The highest BCUT2D eigenvalue weighted by molar-refractivity contribution is 7.15. The van der Waals surface area contributed by atoms with Crippen LogP contribution in [0.4, 0.5) is 4.39 Å². The van der Waals surface area contributed by atoms with Crippen molar-refractivity contribution in [2.45, 2.75) is 6.04 Å². The third kappa shape index (κ3) is 2.84. The summed E-state index contributed by atoms with van der Waals surface area (Å²) in [6, 6.07) is 20.5. The lowest BCUT2D eigenvalue weighted by Crippen LogP contribution is -2.35. The number of pyridine rings is 1. The number of thiazole rings is 1. The van der Waals surface area contributed by atoms with Gasteiger partial charge in [-0.15, -0.1) is 0 Å². The summed E-state index contributed by atoms with van der Waals surface area (Å²) in [4.78, 5) is 21.7. The predicted molar refractivity (Wildman–Crippen MR) is 118 cm³/mol. The summed E-state index contributed by atoms with van der Waals surface area (Å²) in [5, 5.41) is 11.7. The van der Waals surface area contributed by atoms with Gasteiger partial charge < -0.3 is 15.6 Å². The summed E-state index contributed by atoms with van der Waals surface area (Å²) in [5.41, 5.74) is 2.53. The Bertz CT molecular complexity index is 1690. The number of benzene rings is 3. The van der Waals surface area contributed by atoms with Gasteiger partial charge in [0.15, 0.2) is 11.2 Å². The van der Waals surface area contributed by atoms with Gasteiger partial charge in [0.05, 0.1) is 10.2 Å². The molecule has 8 heteroatoms. The quantitative estimate of drug-likeness (QED) is 0.407.